The maximum Gasteiger partial charge on any atom is 0.273 e. The summed E-state index contributed by atoms with van der Waals surface area (Å²) in [6, 6.07) is 13.1. The van der Waals surface area contributed by atoms with Crippen molar-refractivity contribution >= 4 is 17.3 Å². The Bertz CT molecular complexity index is 874. The van der Waals surface area contributed by atoms with E-state index in [9.17, 15) is 14.9 Å². The fraction of sp³-hybridized carbons (Fsp3) is 0.409. The summed E-state index contributed by atoms with van der Waals surface area (Å²) in [6.45, 7) is 4.14. The number of aryl methyl sites for hydroxylation is 1. The number of carbonyl (C=O) groups excluding carboxylic acids is 1. The number of nitro groups is 1. The lowest BCUT2D eigenvalue weighted by Crippen LogP contribution is -2.36. The van der Waals surface area contributed by atoms with Gasteiger partial charge in [0, 0.05) is 43.5 Å². The predicted octanol–water partition coefficient (Wildman–Crippen LogP) is 3.54. The maximum atomic E-state index is 12.7. The van der Waals surface area contributed by atoms with Gasteiger partial charge in [0.2, 0.25) is 0 Å². The van der Waals surface area contributed by atoms with Gasteiger partial charge in [-0.05, 0) is 56.6 Å². The van der Waals surface area contributed by atoms with Gasteiger partial charge in [-0.1, -0.05) is 18.2 Å². The lowest BCUT2D eigenvalue weighted by molar-refractivity contribution is -0.385. The molecule has 0 radical (unpaired) electrons. The highest BCUT2D eigenvalue weighted by molar-refractivity contribution is 5.95. The molecule has 1 atom stereocenters. The van der Waals surface area contributed by atoms with Gasteiger partial charge in [-0.3, -0.25) is 19.8 Å². The third-order valence-electron chi connectivity index (χ3n) is 5.50. The summed E-state index contributed by atoms with van der Waals surface area (Å²) in [5.74, 6) is -0.290. The number of likely N-dealkylation sites (tertiary alicyclic amines) is 1. The zero-order chi connectivity index (χ0) is 21.0. The minimum absolute atomic E-state index is 0.0342. The number of carbonyl (C=O) groups is 1. The standard InChI is InChI=1S/C22H28N4O3/c1-16-6-7-18(14-20(16)26(28)29)22(27)23-15-21(25-12-4-5-13-25)17-8-10-19(11-9-17)24(2)3/h6-11,14,21H,4-5,12-13,15H2,1-3H3,(H,23,27)/t21-/m1/s1. The van der Waals surface area contributed by atoms with Crippen LogP contribution >= 0.6 is 0 Å². The van der Waals surface area contributed by atoms with Crippen LogP contribution in [0.3, 0.4) is 0 Å². The summed E-state index contributed by atoms with van der Waals surface area (Å²) in [5, 5.41) is 14.1. The second-order valence-electron chi connectivity index (χ2n) is 7.71. The number of anilines is 1. The molecule has 0 unspecified atom stereocenters. The Morgan fingerprint density at radius 2 is 1.83 bits per heavy atom. The molecule has 0 aliphatic carbocycles. The number of hydrogen-bond donors (Lipinski definition) is 1. The Morgan fingerprint density at radius 3 is 2.41 bits per heavy atom. The fourth-order valence-corrected chi connectivity index (χ4v) is 3.74. The number of nitrogens with zero attached hydrogens (tertiary/aromatic N) is 3. The van der Waals surface area contributed by atoms with E-state index in [0.717, 1.165) is 37.2 Å². The average molecular weight is 396 g/mol. The van der Waals surface area contributed by atoms with Crippen LogP contribution in [0.4, 0.5) is 11.4 Å². The van der Waals surface area contributed by atoms with Crippen molar-refractivity contribution < 1.29 is 9.72 Å². The van der Waals surface area contributed by atoms with E-state index in [0.29, 0.717) is 17.7 Å². The molecular weight excluding hydrogens is 368 g/mol. The quantitative estimate of drug-likeness (QED) is 0.572. The van der Waals surface area contributed by atoms with Crippen molar-refractivity contribution in [2.24, 2.45) is 0 Å². The summed E-state index contributed by atoms with van der Waals surface area (Å²) >= 11 is 0. The molecule has 1 heterocycles. The second-order valence-corrected chi connectivity index (χ2v) is 7.71. The van der Waals surface area contributed by atoms with Crippen LogP contribution in [-0.4, -0.2) is 49.5 Å². The molecule has 2 aromatic rings. The molecule has 2 aromatic carbocycles. The first-order chi connectivity index (χ1) is 13.9. The molecule has 1 aliphatic heterocycles. The van der Waals surface area contributed by atoms with E-state index in [1.165, 1.54) is 6.07 Å². The number of nitrogens with one attached hydrogen (secondary N) is 1. The van der Waals surface area contributed by atoms with Gasteiger partial charge in [-0.15, -0.1) is 0 Å². The van der Waals surface area contributed by atoms with E-state index in [-0.39, 0.29) is 17.6 Å². The van der Waals surface area contributed by atoms with E-state index in [2.05, 4.69) is 39.4 Å². The number of hydrogen-bond acceptors (Lipinski definition) is 5. The minimum Gasteiger partial charge on any atom is -0.378 e. The first kappa shape index (κ1) is 20.8. The van der Waals surface area contributed by atoms with E-state index >= 15 is 0 Å². The van der Waals surface area contributed by atoms with Crippen LogP contribution in [0, 0.1) is 17.0 Å². The third-order valence-corrected chi connectivity index (χ3v) is 5.50. The number of nitro benzene ring substituents is 1. The monoisotopic (exact) mass is 396 g/mol. The summed E-state index contributed by atoms with van der Waals surface area (Å²) < 4.78 is 0. The summed E-state index contributed by atoms with van der Waals surface area (Å²) in [7, 11) is 4.02. The molecule has 0 spiro atoms. The normalized spacial score (nSPS) is 15.1. The van der Waals surface area contributed by atoms with Gasteiger partial charge in [0.25, 0.3) is 11.6 Å². The van der Waals surface area contributed by atoms with Crippen LogP contribution in [-0.2, 0) is 0 Å². The van der Waals surface area contributed by atoms with Gasteiger partial charge in [0.15, 0.2) is 0 Å². The van der Waals surface area contributed by atoms with E-state index in [1.807, 2.05) is 14.1 Å². The van der Waals surface area contributed by atoms with Crippen LogP contribution in [0.2, 0.25) is 0 Å². The molecule has 1 saturated heterocycles. The molecule has 0 bridgehead atoms. The molecule has 29 heavy (non-hydrogen) atoms. The van der Waals surface area contributed by atoms with Gasteiger partial charge < -0.3 is 10.2 Å². The van der Waals surface area contributed by atoms with Gasteiger partial charge in [-0.25, -0.2) is 0 Å². The summed E-state index contributed by atoms with van der Waals surface area (Å²) in [6.07, 6.45) is 2.31. The molecule has 7 nitrogen and oxygen atoms in total. The third kappa shape index (κ3) is 4.92. The topological polar surface area (TPSA) is 78.7 Å². The van der Waals surface area contributed by atoms with Crippen molar-refractivity contribution in [3.63, 3.8) is 0 Å². The molecule has 1 N–H and O–H groups in total. The molecule has 1 aliphatic rings. The van der Waals surface area contributed by atoms with Crippen molar-refractivity contribution in [2.45, 2.75) is 25.8 Å². The molecule has 0 aromatic heterocycles. The first-order valence-corrected chi connectivity index (χ1v) is 9.91. The van der Waals surface area contributed by atoms with Crippen LogP contribution in [0.1, 0.15) is 40.4 Å². The molecular formula is C22H28N4O3. The highest BCUT2D eigenvalue weighted by Crippen LogP contribution is 2.26. The zero-order valence-electron chi connectivity index (χ0n) is 17.2. The van der Waals surface area contributed by atoms with Crippen LogP contribution in [0.15, 0.2) is 42.5 Å². The van der Waals surface area contributed by atoms with E-state index in [1.54, 1.807) is 19.1 Å². The molecule has 1 amide bonds. The van der Waals surface area contributed by atoms with Crippen molar-refractivity contribution in [1.29, 1.82) is 0 Å². The molecule has 0 saturated carbocycles. The van der Waals surface area contributed by atoms with E-state index < -0.39 is 4.92 Å². The maximum absolute atomic E-state index is 12.7. The first-order valence-electron chi connectivity index (χ1n) is 9.91. The second kappa shape index (κ2) is 9.05. The molecule has 1 fully saturated rings. The van der Waals surface area contributed by atoms with Crippen molar-refractivity contribution in [2.75, 3.05) is 38.6 Å². The van der Waals surface area contributed by atoms with Crippen molar-refractivity contribution in [3.8, 4) is 0 Å². The van der Waals surface area contributed by atoms with Crippen LogP contribution < -0.4 is 10.2 Å². The summed E-state index contributed by atoms with van der Waals surface area (Å²) in [5.41, 5.74) is 3.11. The Hall–Kier alpha value is -2.93. The van der Waals surface area contributed by atoms with Crippen molar-refractivity contribution in [1.82, 2.24) is 10.2 Å². The van der Waals surface area contributed by atoms with Gasteiger partial charge >= 0.3 is 0 Å². The molecule has 3 rings (SSSR count). The van der Waals surface area contributed by atoms with Crippen LogP contribution in [0.5, 0.6) is 0 Å². The molecule has 154 valence electrons. The minimum atomic E-state index is -0.453. The van der Waals surface area contributed by atoms with Crippen LogP contribution in [0.25, 0.3) is 0 Å². The fourth-order valence-electron chi connectivity index (χ4n) is 3.74. The SMILES string of the molecule is Cc1ccc(C(=O)NC[C@H](c2ccc(N(C)C)cc2)N2CCCC2)cc1[N+](=O)[O-]. The highest BCUT2D eigenvalue weighted by atomic mass is 16.6. The van der Waals surface area contributed by atoms with Gasteiger partial charge in [-0.2, -0.15) is 0 Å². The number of rotatable bonds is 7. The number of amides is 1. The Kier molecular flexibility index (Phi) is 6.49. The Morgan fingerprint density at radius 1 is 1.17 bits per heavy atom. The average Bonchev–Trinajstić information content (AvgIpc) is 3.23. The predicted molar refractivity (Wildman–Crippen MR) is 114 cm³/mol. The Balaban J connectivity index is 1.75. The lowest BCUT2D eigenvalue weighted by Gasteiger charge is -2.28. The lowest BCUT2D eigenvalue weighted by atomic mass is 10.0. The van der Waals surface area contributed by atoms with Crippen molar-refractivity contribution in [3.05, 3.63) is 69.3 Å². The molecule has 7 heteroatoms. The highest BCUT2D eigenvalue weighted by Gasteiger charge is 2.24. The number of benzene rings is 2. The smallest absolute Gasteiger partial charge is 0.273 e. The van der Waals surface area contributed by atoms with Gasteiger partial charge in [0.1, 0.15) is 0 Å². The largest absolute Gasteiger partial charge is 0.378 e. The van der Waals surface area contributed by atoms with Gasteiger partial charge in [0.05, 0.1) is 11.0 Å². The van der Waals surface area contributed by atoms with E-state index in [4.69, 9.17) is 0 Å². The zero-order valence-corrected chi connectivity index (χ0v) is 17.2. The Labute approximate surface area is 171 Å². The summed E-state index contributed by atoms with van der Waals surface area (Å²) in [4.78, 5) is 27.8.